The third kappa shape index (κ3) is 2.80. The molecule has 1 N–H and O–H groups in total. The van der Waals surface area contributed by atoms with Crippen molar-refractivity contribution in [2.75, 3.05) is 12.4 Å². The molecule has 1 heterocycles. The molecule has 3 rings (SSSR count). The SMILES string of the molecule is COc1ccc2oc(C(=O)Nc3ccc(C)cc3C)c(C)c2c1. The van der Waals surface area contributed by atoms with Crippen molar-refractivity contribution in [2.24, 2.45) is 0 Å². The Morgan fingerprint density at radius 2 is 1.87 bits per heavy atom. The number of aryl methyl sites for hydroxylation is 3. The molecule has 0 saturated heterocycles. The number of carbonyl (C=O) groups is 1. The lowest BCUT2D eigenvalue weighted by atomic mass is 10.1. The first-order chi connectivity index (χ1) is 11.0. The third-order valence-electron chi connectivity index (χ3n) is 3.98. The number of carbonyl (C=O) groups excluding carboxylic acids is 1. The summed E-state index contributed by atoms with van der Waals surface area (Å²) in [5.41, 5.74) is 4.45. The smallest absolute Gasteiger partial charge is 0.291 e. The largest absolute Gasteiger partial charge is 0.497 e. The monoisotopic (exact) mass is 309 g/mol. The Morgan fingerprint density at radius 1 is 1.09 bits per heavy atom. The zero-order valence-corrected chi connectivity index (χ0v) is 13.7. The van der Waals surface area contributed by atoms with Gasteiger partial charge in [-0.15, -0.1) is 0 Å². The molecule has 0 aliphatic heterocycles. The number of rotatable bonds is 3. The minimum Gasteiger partial charge on any atom is -0.497 e. The van der Waals surface area contributed by atoms with E-state index in [1.807, 2.05) is 57.2 Å². The van der Waals surface area contributed by atoms with Gasteiger partial charge in [-0.1, -0.05) is 17.7 Å². The maximum absolute atomic E-state index is 12.6. The van der Waals surface area contributed by atoms with Crippen molar-refractivity contribution in [2.45, 2.75) is 20.8 Å². The van der Waals surface area contributed by atoms with Gasteiger partial charge in [0.15, 0.2) is 5.76 Å². The van der Waals surface area contributed by atoms with Gasteiger partial charge < -0.3 is 14.5 Å². The van der Waals surface area contributed by atoms with Gasteiger partial charge in [-0.2, -0.15) is 0 Å². The van der Waals surface area contributed by atoms with Crippen LogP contribution in [0.5, 0.6) is 5.75 Å². The highest BCUT2D eigenvalue weighted by Crippen LogP contribution is 2.29. The standard InChI is InChI=1S/C19H19NO3/c1-11-5-7-16(12(2)9-11)20-19(21)18-13(3)15-10-14(22-4)6-8-17(15)23-18/h5-10H,1-4H3,(H,20,21). The van der Waals surface area contributed by atoms with Gasteiger partial charge in [-0.25, -0.2) is 0 Å². The molecule has 0 radical (unpaired) electrons. The van der Waals surface area contributed by atoms with Crippen LogP contribution >= 0.6 is 0 Å². The molecule has 3 aromatic rings. The van der Waals surface area contributed by atoms with E-state index in [2.05, 4.69) is 5.32 Å². The Kier molecular flexibility index (Phi) is 3.82. The first kappa shape index (κ1) is 15.2. The average Bonchev–Trinajstić information content (AvgIpc) is 2.86. The zero-order valence-electron chi connectivity index (χ0n) is 13.7. The van der Waals surface area contributed by atoms with Crippen molar-refractivity contribution in [3.05, 3.63) is 58.8 Å². The van der Waals surface area contributed by atoms with Crippen molar-refractivity contribution >= 4 is 22.6 Å². The zero-order chi connectivity index (χ0) is 16.6. The molecule has 0 aliphatic carbocycles. The highest BCUT2D eigenvalue weighted by molar-refractivity contribution is 6.06. The number of benzene rings is 2. The number of nitrogens with one attached hydrogen (secondary N) is 1. The molecule has 0 bridgehead atoms. The van der Waals surface area contributed by atoms with E-state index in [0.717, 1.165) is 33.5 Å². The van der Waals surface area contributed by atoms with Crippen molar-refractivity contribution in [1.82, 2.24) is 0 Å². The summed E-state index contributed by atoms with van der Waals surface area (Å²) in [5, 5.41) is 3.80. The number of anilines is 1. The average molecular weight is 309 g/mol. The molecule has 4 heteroatoms. The number of furan rings is 1. The second-order valence-electron chi connectivity index (χ2n) is 5.69. The van der Waals surface area contributed by atoms with E-state index in [1.165, 1.54) is 0 Å². The molecule has 1 amide bonds. The summed E-state index contributed by atoms with van der Waals surface area (Å²) in [6, 6.07) is 11.4. The van der Waals surface area contributed by atoms with Gasteiger partial charge in [-0.05, 0) is 50.6 Å². The minimum atomic E-state index is -0.246. The number of methoxy groups -OCH3 is 1. The van der Waals surface area contributed by atoms with Crippen LogP contribution in [0, 0.1) is 20.8 Å². The fourth-order valence-corrected chi connectivity index (χ4v) is 2.68. The first-order valence-corrected chi connectivity index (χ1v) is 7.45. The predicted molar refractivity (Wildman–Crippen MR) is 91.4 cm³/mol. The van der Waals surface area contributed by atoms with Gasteiger partial charge in [0.1, 0.15) is 11.3 Å². The molecule has 1 aromatic heterocycles. The van der Waals surface area contributed by atoms with E-state index < -0.39 is 0 Å². The van der Waals surface area contributed by atoms with Gasteiger partial charge in [-0.3, -0.25) is 4.79 Å². The highest BCUT2D eigenvalue weighted by atomic mass is 16.5. The fourth-order valence-electron chi connectivity index (χ4n) is 2.68. The molecule has 4 nitrogen and oxygen atoms in total. The van der Waals surface area contributed by atoms with Gasteiger partial charge in [0.25, 0.3) is 5.91 Å². The van der Waals surface area contributed by atoms with E-state index in [-0.39, 0.29) is 5.91 Å². The highest BCUT2D eigenvalue weighted by Gasteiger charge is 2.18. The van der Waals surface area contributed by atoms with E-state index in [4.69, 9.17) is 9.15 Å². The van der Waals surface area contributed by atoms with Crippen LogP contribution in [0.3, 0.4) is 0 Å². The van der Waals surface area contributed by atoms with Crippen molar-refractivity contribution in [1.29, 1.82) is 0 Å². The van der Waals surface area contributed by atoms with Crippen LogP contribution in [0.15, 0.2) is 40.8 Å². The fraction of sp³-hybridized carbons (Fsp3) is 0.211. The molecular weight excluding hydrogens is 290 g/mol. The maximum Gasteiger partial charge on any atom is 0.291 e. The van der Waals surface area contributed by atoms with Crippen LogP contribution in [0.1, 0.15) is 27.2 Å². The van der Waals surface area contributed by atoms with Crippen LogP contribution in [0.2, 0.25) is 0 Å². The van der Waals surface area contributed by atoms with Crippen LogP contribution in [-0.2, 0) is 0 Å². The molecule has 0 saturated carbocycles. The Hall–Kier alpha value is -2.75. The minimum absolute atomic E-state index is 0.246. The third-order valence-corrected chi connectivity index (χ3v) is 3.98. The van der Waals surface area contributed by atoms with E-state index >= 15 is 0 Å². The van der Waals surface area contributed by atoms with Crippen molar-refractivity contribution < 1.29 is 13.9 Å². The molecule has 0 fully saturated rings. The van der Waals surface area contributed by atoms with E-state index in [9.17, 15) is 4.79 Å². The summed E-state index contributed by atoms with van der Waals surface area (Å²) in [6.07, 6.45) is 0. The number of hydrogen-bond acceptors (Lipinski definition) is 3. The number of hydrogen-bond donors (Lipinski definition) is 1. The summed E-state index contributed by atoms with van der Waals surface area (Å²) < 4.78 is 11.0. The molecular formula is C19H19NO3. The summed E-state index contributed by atoms with van der Waals surface area (Å²) >= 11 is 0. The molecule has 118 valence electrons. The lowest BCUT2D eigenvalue weighted by Crippen LogP contribution is -2.13. The molecule has 2 aromatic carbocycles. The Bertz CT molecular complexity index is 893. The van der Waals surface area contributed by atoms with Crippen molar-refractivity contribution in [3.8, 4) is 5.75 Å². The Labute approximate surface area is 135 Å². The predicted octanol–water partition coefficient (Wildman–Crippen LogP) is 4.62. The van der Waals surface area contributed by atoms with Crippen LogP contribution in [-0.4, -0.2) is 13.0 Å². The van der Waals surface area contributed by atoms with Gasteiger partial charge in [0, 0.05) is 16.6 Å². The van der Waals surface area contributed by atoms with E-state index in [0.29, 0.717) is 11.3 Å². The van der Waals surface area contributed by atoms with Gasteiger partial charge in [0.05, 0.1) is 7.11 Å². The van der Waals surface area contributed by atoms with Crippen molar-refractivity contribution in [3.63, 3.8) is 0 Å². The van der Waals surface area contributed by atoms with Crippen LogP contribution < -0.4 is 10.1 Å². The second kappa shape index (κ2) is 5.80. The summed E-state index contributed by atoms with van der Waals surface area (Å²) in [5.74, 6) is 0.820. The summed E-state index contributed by atoms with van der Waals surface area (Å²) in [7, 11) is 1.62. The lowest BCUT2D eigenvalue weighted by Gasteiger charge is -2.08. The van der Waals surface area contributed by atoms with Crippen LogP contribution in [0.4, 0.5) is 5.69 Å². The maximum atomic E-state index is 12.6. The quantitative estimate of drug-likeness (QED) is 0.768. The molecule has 0 spiro atoms. The topological polar surface area (TPSA) is 51.5 Å². The summed E-state index contributed by atoms with van der Waals surface area (Å²) in [6.45, 7) is 5.87. The molecule has 0 atom stereocenters. The molecule has 0 unspecified atom stereocenters. The lowest BCUT2D eigenvalue weighted by molar-refractivity contribution is 0.0998. The van der Waals surface area contributed by atoms with Crippen LogP contribution in [0.25, 0.3) is 11.0 Å². The molecule has 23 heavy (non-hydrogen) atoms. The number of fused-ring (bicyclic) bond motifs is 1. The normalized spacial score (nSPS) is 10.8. The number of ether oxygens (including phenoxy) is 1. The summed E-state index contributed by atoms with van der Waals surface area (Å²) in [4.78, 5) is 12.6. The van der Waals surface area contributed by atoms with Gasteiger partial charge in [0.2, 0.25) is 0 Å². The second-order valence-corrected chi connectivity index (χ2v) is 5.69. The van der Waals surface area contributed by atoms with E-state index in [1.54, 1.807) is 7.11 Å². The first-order valence-electron chi connectivity index (χ1n) is 7.45. The number of amides is 1. The molecule has 0 aliphatic rings. The Morgan fingerprint density at radius 3 is 2.57 bits per heavy atom. The Balaban J connectivity index is 1.96. The van der Waals surface area contributed by atoms with Gasteiger partial charge >= 0.3 is 0 Å².